The highest BCUT2D eigenvalue weighted by Gasteiger charge is 2.19. The molecule has 1 heterocycles. The van der Waals surface area contributed by atoms with Crippen molar-refractivity contribution < 1.29 is 14.7 Å². The molecule has 6 heteroatoms. The second-order valence-corrected chi connectivity index (χ2v) is 5.19. The van der Waals surface area contributed by atoms with E-state index in [2.05, 4.69) is 15.6 Å². The first-order valence-electron chi connectivity index (χ1n) is 6.58. The number of hydrogen-bond donors (Lipinski definition) is 3. The molecule has 0 aromatic carbocycles. The van der Waals surface area contributed by atoms with Crippen LogP contribution >= 0.6 is 0 Å². The number of amides is 2. The summed E-state index contributed by atoms with van der Waals surface area (Å²) in [5.41, 5.74) is 1.51. The molecule has 0 fully saturated rings. The Morgan fingerprint density at radius 3 is 2.65 bits per heavy atom. The standard InChI is InChI=1S/C14H21N3O3/c1-9(2)6-11(13(18)19)7-16-14(20)17-12-8-15-5-4-10(12)3/h4-5,8-9,11H,6-7H2,1-3H3,(H,18,19)(H2,16,17,20). The third-order valence-electron chi connectivity index (χ3n) is 2.90. The topological polar surface area (TPSA) is 91.3 Å². The van der Waals surface area contributed by atoms with Crippen molar-refractivity contribution in [2.75, 3.05) is 11.9 Å². The van der Waals surface area contributed by atoms with Gasteiger partial charge in [-0.3, -0.25) is 9.78 Å². The molecule has 6 nitrogen and oxygen atoms in total. The summed E-state index contributed by atoms with van der Waals surface area (Å²) in [7, 11) is 0. The van der Waals surface area contributed by atoms with E-state index in [4.69, 9.17) is 5.11 Å². The van der Waals surface area contributed by atoms with Gasteiger partial charge in [-0.25, -0.2) is 4.79 Å². The number of nitrogens with one attached hydrogen (secondary N) is 2. The van der Waals surface area contributed by atoms with E-state index in [0.717, 1.165) is 5.56 Å². The van der Waals surface area contributed by atoms with Crippen molar-refractivity contribution in [1.29, 1.82) is 0 Å². The zero-order valence-corrected chi connectivity index (χ0v) is 12.0. The van der Waals surface area contributed by atoms with Crippen molar-refractivity contribution >= 4 is 17.7 Å². The number of nitrogens with zero attached hydrogens (tertiary/aromatic N) is 1. The van der Waals surface area contributed by atoms with Crippen LogP contribution in [0.3, 0.4) is 0 Å². The molecule has 1 aromatic heterocycles. The summed E-state index contributed by atoms with van der Waals surface area (Å²) in [4.78, 5) is 26.7. The predicted molar refractivity (Wildman–Crippen MR) is 76.6 cm³/mol. The van der Waals surface area contributed by atoms with Crippen LogP contribution in [0.1, 0.15) is 25.8 Å². The number of carboxylic acid groups (broad SMARTS) is 1. The molecule has 0 spiro atoms. The maximum Gasteiger partial charge on any atom is 0.319 e. The largest absolute Gasteiger partial charge is 0.481 e. The van der Waals surface area contributed by atoms with Crippen molar-refractivity contribution in [1.82, 2.24) is 10.3 Å². The van der Waals surface area contributed by atoms with Crippen molar-refractivity contribution in [2.45, 2.75) is 27.2 Å². The number of aromatic nitrogens is 1. The second kappa shape index (κ2) is 7.47. The lowest BCUT2D eigenvalue weighted by molar-refractivity contribution is -0.142. The van der Waals surface area contributed by atoms with Gasteiger partial charge in [0.2, 0.25) is 0 Å². The average Bonchev–Trinajstić information content (AvgIpc) is 2.36. The molecule has 1 atom stereocenters. The third kappa shape index (κ3) is 5.26. The van der Waals surface area contributed by atoms with Gasteiger partial charge in [-0.15, -0.1) is 0 Å². The average molecular weight is 279 g/mol. The maximum absolute atomic E-state index is 11.7. The van der Waals surface area contributed by atoms with Crippen LogP contribution in [0.4, 0.5) is 10.5 Å². The highest BCUT2D eigenvalue weighted by molar-refractivity contribution is 5.90. The summed E-state index contributed by atoms with van der Waals surface area (Å²) in [6.45, 7) is 5.87. The third-order valence-corrected chi connectivity index (χ3v) is 2.90. The molecule has 3 N–H and O–H groups in total. The first-order chi connectivity index (χ1) is 9.40. The molecule has 0 saturated carbocycles. The Morgan fingerprint density at radius 2 is 2.10 bits per heavy atom. The number of anilines is 1. The Bertz CT molecular complexity index is 474. The molecule has 0 aliphatic rings. The summed E-state index contributed by atoms with van der Waals surface area (Å²) in [5, 5.41) is 14.3. The van der Waals surface area contributed by atoms with Gasteiger partial charge >= 0.3 is 12.0 Å². The van der Waals surface area contributed by atoms with E-state index >= 15 is 0 Å². The van der Waals surface area contributed by atoms with Gasteiger partial charge in [0, 0.05) is 12.7 Å². The van der Waals surface area contributed by atoms with Gasteiger partial charge in [-0.2, -0.15) is 0 Å². The van der Waals surface area contributed by atoms with E-state index in [9.17, 15) is 9.59 Å². The van der Waals surface area contributed by atoms with Crippen molar-refractivity contribution in [3.8, 4) is 0 Å². The number of carbonyl (C=O) groups is 2. The smallest absolute Gasteiger partial charge is 0.319 e. The number of aliphatic carboxylic acids is 1. The summed E-state index contributed by atoms with van der Waals surface area (Å²) >= 11 is 0. The Morgan fingerprint density at radius 1 is 1.40 bits per heavy atom. The van der Waals surface area contributed by atoms with Crippen LogP contribution in [0.5, 0.6) is 0 Å². The lowest BCUT2D eigenvalue weighted by Gasteiger charge is -2.16. The van der Waals surface area contributed by atoms with E-state index in [0.29, 0.717) is 12.1 Å². The molecule has 0 aliphatic heterocycles. The van der Waals surface area contributed by atoms with Crippen LogP contribution in [-0.2, 0) is 4.79 Å². The van der Waals surface area contributed by atoms with Gasteiger partial charge in [0.25, 0.3) is 0 Å². The first kappa shape index (κ1) is 15.9. The van der Waals surface area contributed by atoms with Crippen LogP contribution in [0.15, 0.2) is 18.5 Å². The zero-order valence-electron chi connectivity index (χ0n) is 12.0. The van der Waals surface area contributed by atoms with E-state index in [-0.39, 0.29) is 12.5 Å². The Labute approximate surface area is 118 Å². The molecule has 1 rings (SSSR count). The molecule has 0 radical (unpaired) electrons. The van der Waals surface area contributed by atoms with Crippen LogP contribution in [0, 0.1) is 18.8 Å². The number of carbonyl (C=O) groups excluding carboxylic acids is 1. The minimum atomic E-state index is -0.892. The number of urea groups is 1. The van der Waals surface area contributed by atoms with E-state index < -0.39 is 17.9 Å². The SMILES string of the molecule is Cc1ccncc1NC(=O)NCC(CC(C)C)C(=O)O. The van der Waals surface area contributed by atoms with Crippen molar-refractivity contribution in [2.24, 2.45) is 11.8 Å². The monoisotopic (exact) mass is 279 g/mol. The van der Waals surface area contributed by atoms with E-state index in [1.165, 1.54) is 0 Å². The number of aryl methyl sites for hydroxylation is 1. The van der Waals surface area contributed by atoms with Crippen LogP contribution in [0.25, 0.3) is 0 Å². The van der Waals surface area contributed by atoms with Crippen molar-refractivity contribution in [3.05, 3.63) is 24.0 Å². The highest BCUT2D eigenvalue weighted by Crippen LogP contribution is 2.12. The van der Waals surface area contributed by atoms with Crippen LogP contribution in [0.2, 0.25) is 0 Å². The van der Waals surface area contributed by atoms with Gasteiger partial charge in [0.05, 0.1) is 17.8 Å². The molecular formula is C14H21N3O3. The van der Waals surface area contributed by atoms with Crippen molar-refractivity contribution in [3.63, 3.8) is 0 Å². The fourth-order valence-corrected chi connectivity index (χ4v) is 1.82. The van der Waals surface area contributed by atoms with Gasteiger partial charge in [0.15, 0.2) is 0 Å². The molecule has 1 unspecified atom stereocenters. The van der Waals surface area contributed by atoms with Gasteiger partial charge < -0.3 is 15.7 Å². The molecule has 0 bridgehead atoms. The fraction of sp³-hybridized carbons (Fsp3) is 0.500. The number of pyridine rings is 1. The van der Waals surface area contributed by atoms with E-state index in [1.54, 1.807) is 18.5 Å². The normalized spacial score (nSPS) is 12.0. The summed E-state index contributed by atoms with van der Waals surface area (Å²) in [6.07, 6.45) is 3.72. The van der Waals surface area contributed by atoms with Gasteiger partial charge in [0.1, 0.15) is 0 Å². The van der Waals surface area contributed by atoms with Crippen LogP contribution in [-0.4, -0.2) is 28.6 Å². The molecule has 1 aromatic rings. The molecule has 2 amide bonds. The first-order valence-corrected chi connectivity index (χ1v) is 6.58. The summed E-state index contributed by atoms with van der Waals surface area (Å²) in [6, 6.07) is 1.37. The Kier molecular flexibility index (Phi) is 5.96. The number of hydrogen-bond acceptors (Lipinski definition) is 3. The molecule has 0 aliphatic carbocycles. The molecule has 20 heavy (non-hydrogen) atoms. The van der Waals surface area contributed by atoms with E-state index in [1.807, 2.05) is 20.8 Å². The lowest BCUT2D eigenvalue weighted by atomic mass is 9.97. The maximum atomic E-state index is 11.7. The highest BCUT2D eigenvalue weighted by atomic mass is 16.4. The molecule has 110 valence electrons. The Balaban J connectivity index is 2.50. The number of rotatable bonds is 6. The quantitative estimate of drug-likeness (QED) is 0.745. The lowest BCUT2D eigenvalue weighted by Crippen LogP contribution is -2.36. The number of carboxylic acids is 1. The minimum Gasteiger partial charge on any atom is -0.481 e. The Hall–Kier alpha value is -2.11. The minimum absolute atomic E-state index is 0.110. The predicted octanol–water partition coefficient (Wildman–Crippen LogP) is 2.26. The van der Waals surface area contributed by atoms with Gasteiger partial charge in [-0.05, 0) is 30.9 Å². The summed E-state index contributed by atoms with van der Waals surface area (Å²) in [5.74, 6) is -1.20. The molecule has 0 saturated heterocycles. The van der Waals surface area contributed by atoms with Crippen LogP contribution < -0.4 is 10.6 Å². The second-order valence-electron chi connectivity index (χ2n) is 5.19. The fourth-order valence-electron chi connectivity index (χ4n) is 1.82. The molecular weight excluding hydrogens is 258 g/mol. The summed E-state index contributed by atoms with van der Waals surface area (Å²) < 4.78 is 0. The zero-order chi connectivity index (χ0) is 15.1. The van der Waals surface area contributed by atoms with Gasteiger partial charge in [-0.1, -0.05) is 13.8 Å².